The number of aliphatic hydroxyl groups is 4. The normalized spacial score (nSPS) is 49.1. The Hall–Kier alpha value is -0.420. The van der Waals surface area contributed by atoms with Gasteiger partial charge in [-0.2, -0.15) is 0 Å². The molecule has 0 aromatic rings. The van der Waals surface area contributed by atoms with Crippen molar-refractivity contribution >= 4 is 0 Å². The predicted octanol–water partition coefficient (Wildman–Crippen LogP) is 4.45. The fourth-order valence-corrected chi connectivity index (χ4v) is 8.74. The van der Waals surface area contributed by atoms with E-state index in [0.29, 0.717) is 30.6 Å². The number of rotatable bonds is 5. The molecule has 0 bridgehead atoms. The quantitative estimate of drug-likeness (QED) is 0.482. The third-order valence-electron chi connectivity index (χ3n) is 10.4. The molecule has 4 N–H and O–H groups in total. The molecule has 0 aromatic carbocycles. The zero-order valence-corrected chi connectivity index (χ0v) is 20.3. The van der Waals surface area contributed by atoms with E-state index < -0.39 is 23.2 Å². The molecule has 0 spiro atoms. The van der Waals surface area contributed by atoms with Crippen LogP contribution in [0.3, 0.4) is 0 Å². The summed E-state index contributed by atoms with van der Waals surface area (Å²) >= 11 is 0. The van der Waals surface area contributed by atoms with Crippen LogP contribution in [0.25, 0.3) is 0 Å². The summed E-state index contributed by atoms with van der Waals surface area (Å²) in [4.78, 5) is 0. The van der Waals surface area contributed by atoms with Crippen molar-refractivity contribution in [2.24, 2.45) is 40.4 Å². The first kappa shape index (κ1) is 23.7. The van der Waals surface area contributed by atoms with E-state index in [-0.39, 0.29) is 23.4 Å². The van der Waals surface area contributed by atoms with Crippen molar-refractivity contribution in [2.45, 2.75) is 116 Å². The van der Waals surface area contributed by atoms with E-state index in [0.717, 1.165) is 44.9 Å². The highest BCUT2D eigenvalue weighted by atomic mass is 16.3. The van der Waals surface area contributed by atoms with Gasteiger partial charge in [-0.25, -0.2) is 0 Å². The first-order valence-corrected chi connectivity index (χ1v) is 12.9. The first-order valence-electron chi connectivity index (χ1n) is 12.9. The maximum Gasteiger partial charge on any atom is 0.0678 e. The van der Waals surface area contributed by atoms with Gasteiger partial charge >= 0.3 is 0 Å². The van der Waals surface area contributed by atoms with Gasteiger partial charge in [-0.15, -0.1) is 0 Å². The standard InChI is InChI=1S/C27H46O4/c1-16(2)7-6-11-26(4,31)24-22(29)14-21-19-9-8-17-13-18(28)10-12-25(17,3)20(19)15-23(30)27(21,24)5/h8,16,18-24,28-31H,6-7,9-15H2,1-5H3/t18-,19+,20-,21-,22-,23+,24+,25-,26+,27+/m0/s1. The fourth-order valence-electron chi connectivity index (χ4n) is 8.74. The summed E-state index contributed by atoms with van der Waals surface area (Å²) in [5.41, 5.74) is 0.00432. The maximum absolute atomic E-state index is 11.6. The van der Waals surface area contributed by atoms with Crippen LogP contribution in [0.4, 0.5) is 0 Å². The summed E-state index contributed by atoms with van der Waals surface area (Å²) in [6.07, 6.45) is 8.76. The Balaban J connectivity index is 1.62. The molecule has 0 saturated heterocycles. The summed E-state index contributed by atoms with van der Waals surface area (Å²) in [7, 11) is 0. The first-order chi connectivity index (χ1) is 14.4. The van der Waals surface area contributed by atoms with Crippen molar-refractivity contribution in [1.29, 1.82) is 0 Å². The monoisotopic (exact) mass is 434 g/mol. The van der Waals surface area contributed by atoms with Gasteiger partial charge < -0.3 is 20.4 Å². The molecule has 4 aliphatic carbocycles. The van der Waals surface area contributed by atoms with Gasteiger partial charge in [0.15, 0.2) is 0 Å². The van der Waals surface area contributed by atoms with E-state index in [1.165, 1.54) is 5.57 Å². The van der Waals surface area contributed by atoms with Gasteiger partial charge in [0, 0.05) is 11.3 Å². The van der Waals surface area contributed by atoms with Crippen molar-refractivity contribution in [3.8, 4) is 0 Å². The minimum absolute atomic E-state index is 0.0489. The molecule has 0 unspecified atom stereocenters. The summed E-state index contributed by atoms with van der Waals surface area (Å²) < 4.78 is 0. The van der Waals surface area contributed by atoms with Crippen LogP contribution in [0.15, 0.2) is 11.6 Å². The van der Waals surface area contributed by atoms with Crippen LogP contribution in [0.1, 0.15) is 92.4 Å². The Morgan fingerprint density at radius 1 is 1.13 bits per heavy atom. The van der Waals surface area contributed by atoms with Gasteiger partial charge in [-0.1, -0.05) is 52.2 Å². The summed E-state index contributed by atoms with van der Waals surface area (Å²) in [6, 6.07) is 0. The SMILES string of the molecule is CC(C)CCC[C@@](C)(O)[C@H]1[C@@H](O)C[C@H]2[C@@H]3CC=C4C[C@@H](O)CC[C@]4(C)[C@H]3C[C@@H](O)[C@@]21C. The molecule has 31 heavy (non-hydrogen) atoms. The van der Waals surface area contributed by atoms with Gasteiger partial charge in [0.05, 0.1) is 23.9 Å². The second-order valence-corrected chi connectivity index (χ2v) is 12.7. The molecule has 0 aliphatic heterocycles. The molecular formula is C27H46O4. The van der Waals surface area contributed by atoms with E-state index >= 15 is 0 Å². The Bertz CT molecular complexity index is 699. The summed E-state index contributed by atoms with van der Waals surface area (Å²) in [6.45, 7) is 10.8. The highest BCUT2D eigenvalue weighted by Crippen LogP contribution is 2.67. The largest absolute Gasteiger partial charge is 0.393 e. The second-order valence-electron chi connectivity index (χ2n) is 12.7. The lowest BCUT2D eigenvalue weighted by atomic mass is 9.46. The van der Waals surface area contributed by atoms with Crippen molar-refractivity contribution in [3.05, 3.63) is 11.6 Å². The highest BCUT2D eigenvalue weighted by Gasteiger charge is 2.67. The zero-order chi connectivity index (χ0) is 22.8. The van der Waals surface area contributed by atoms with Crippen LogP contribution in [0, 0.1) is 40.4 Å². The molecule has 3 saturated carbocycles. The number of hydrogen-bond acceptors (Lipinski definition) is 4. The minimum Gasteiger partial charge on any atom is -0.393 e. The number of fused-ring (bicyclic) bond motifs is 5. The molecule has 0 heterocycles. The Morgan fingerprint density at radius 2 is 1.84 bits per heavy atom. The van der Waals surface area contributed by atoms with Gasteiger partial charge in [-0.3, -0.25) is 0 Å². The Labute approximate surface area is 189 Å². The van der Waals surface area contributed by atoms with Gasteiger partial charge in [0.25, 0.3) is 0 Å². The van der Waals surface area contributed by atoms with Gasteiger partial charge in [0.2, 0.25) is 0 Å². The molecule has 0 radical (unpaired) electrons. The summed E-state index contributed by atoms with van der Waals surface area (Å²) in [5.74, 6) is 1.36. The number of hydrogen-bond donors (Lipinski definition) is 4. The van der Waals surface area contributed by atoms with Crippen molar-refractivity contribution in [2.75, 3.05) is 0 Å². The Morgan fingerprint density at radius 3 is 2.52 bits per heavy atom. The van der Waals surface area contributed by atoms with Gasteiger partial charge in [0.1, 0.15) is 0 Å². The lowest BCUT2D eigenvalue weighted by Gasteiger charge is -2.60. The molecule has 0 amide bonds. The van der Waals surface area contributed by atoms with Crippen molar-refractivity contribution in [3.63, 3.8) is 0 Å². The van der Waals surface area contributed by atoms with Gasteiger partial charge in [-0.05, 0) is 81.0 Å². The fraction of sp³-hybridized carbons (Fsp3) is 0.926. The van der Waals surface area contributed by atoms with E-state index in [2.05, 4.69) is 33.8 Å². The highest BCUT2D eigenvalue weighted by molar-refractivity contribution is 5.27. The van der Waals surface area contributed by atoms with E-state index in [4.69, 9.17) is 0 Å². The predicted molar refractivity (Wildman–Crippen MR) is 123 cm³/mol. The van der Waals surface area contributed by atoms with Crippen LogP contribution in [-0.4, -0.2) is 44.3 Å². The van der Waals surface area contributed by atoms with Crippen LogP contribution in [0.2, 0.25) is 0 Å². The lowest BCUT2D eigenvalue weighted by Crippen LogP contribution is -2.59. The zero-order valence-electron chi connectivity index (χ0n) is 20.3. The number of aliphatic hydroxyl groups excluding tert-OH is 3. The topological polar surface area (TPSA) is 80.9 Å². The van der Waals surface area contributed by atoms with Crippen LogP contribution >= 0.6 is 0 Å². The van der Waals surface area contributed by atoms with E-state index in [1.54, 1.807) is 0 Å². The maximum atomic E-state index is 11.6. The van der Waals surface area contributed by atoms with Crippen molar-refractivity contribution in [1.82, 2.24) is 0 Å². The third-order valence-corrected chi connectivity index (χ3v) is 10.4. The molecule has 4 aliphatic rings. The van der Waals surface area contributed by atoms with Crippen LogP contribution in [0.5, 0.6) is 0 Å². The van der Waals surface area contributed by atoms with E-state index in [1.807, 2.05) is 6.92 Å². The molecule has 10 atom stereocenters. The molecule has 4 rings (SSSR count). The van der Waals surface area contributed by atoms with Crippen molar-refractivity contribution < 1.29 is 20.4 Å². The average Bonchev–Trinajstić information content (AvgIpc) is 2.95. The molecule has 178 valence electrons. The molecule has 4 nitrogen and oxygen atoms in total. The lowest BCUT2D eigenvalue weighted by molar-refractivity contribution is -0.174. The smallest absolute Gasteiger partial charge is 0.0678 e. The third kappa shape index (κ3) is 3.74. The average molecular weight is 435 g/mol. The molecule has 3 fully saturated rings. The van der Waals surface area contributed by atoms with Crippen LogP contribution in [-0.2, 0) is 0 Å². The molecular weight excluding hydrogens is 388 g/mol. The minimum atomic E-state index is -0.972. The van der Waals surface area contributed by atoms with E-state index in [9.17, 15) is 20.4 Å². The molecule has 0 aromatic heterocycles. The number of allylic oxidation sites excluding steroid dienone is 1. The summed E-state index contributed by atoms with van der Waals surface area (Å²) in [5, 5.41) is 44.6. The van der Waals surface area contributed by atoms with Crippen LogP contribution < -0.4 is 0 Å². The molecule has 4 heteroatoms. The Kier molecular flexibility index (Phi) is 6.21. The second kappa shape index (κ2) is 8.11.